The van der Waals surface area contributed by atoms with Crippen molar-refractivity contribution in [3.8, 4) is 11.4 Å². The zero-order valence-electron chi connectivity index (χ0n) is 13.9. The molecule has 0 bridgehead atoms. The van der Waals surface area contributed by atoms with Crippen LogP contribution in [0.25, 0.3) is 11.4 Å². The third-order valence-electron chi connectivity index (χ3n) is 4.37. The molecule has 1 aliphatic rings. The number of aryl methyl sites for hydroxylation is 1. The molecule has 1 unspecified atom stereocenters. The summed E-state index contributed by atoms with van der Waals surface area (Å²) in [4.78, 5) is 18.3. The first-order chi connectivity index (χ1) is 11.6. The number of aromatic nitrogens is 2. The van der Waals surface area contributed by atoms with Crippen LogP contribution in [0.5, 0.6) is 0 Å². The maximum Gasteiger partial charge on any atom is 0.241 e. The second kappa shape index (κ2) is 7.09. The largest absolute Gasteiger partial charge is 0.359 e. The van der Waals surface area contributed by atoms with Gasteiger partial charge in [-0.3, -0.25) is 9.69 Å². The SMILES string of the molecule is CNC(=O)C1CCCN(Cc2nc(-c3ccc(F)c(C)c3)no2)C1. The van der Waals surface area contributed by atoms with Crippen molar-refractivity contribution >= 4 is 5.91 Å². The molecule has 1 saturated heterocycles. The summed E-state index contributed by atoms with van der Waals surface area (Å²) >= 11 is 0. The fourth-order valence-corrected chi connectivity index (χ4v) is 3.03. The van der Waals surface area contributed by atoms with Crippen LogP contribution in [0.3, 0.4) is 0 Å². The van der Waals surface area contributed by atoms with Gasteiger partial charge in [0.25, 0.3) is 0 Å². The van der Waals surface area contributed by atoms with Crippen LogP contribution in [0.1, 0.15) is 24.3 Å². The standard InChI is InChI=1S/C17H21FN4O2/c1-11-8-12(5-6-14(11)18)16-20-15(24-21-16)10-22-7-3-4-13(9-22)17(23)19-2/h5-6,8,13H,3-4,7,9-10H2,1-2H3,(H,19,23). The molecule has 2 aromatic rings. The molecule has 0 saturated carbocycles. The van der Waals surface area contributed by atoms with Crippen molar-refractivity contribution in [1.29, 1.82) is 0 Å². The van der Waals surface area contributed by atoms with E-state index in [1.807, 2.05) is 0 Å². The van der Waals surface area contributed by atoms with Crippen LogP contribution in [0.2, 0.25) is 0 Å². The number of carbonyl (C=O) groups is 1. The molecule has 2 heterocycles. The highest BCUT2D eigenvalue weighted by atomic mass is 19.1. The summed E-state index contributed by atoms with van der Waals surface area (Å²) in [7, 11) is 1.66. The van der Waals surface area contributed by atoms with E-state index in [1.165, 1.54) is 6.07 Å². The molecular weight excluding hydrogens is 311 g/mol. The summed E-state index contributed by atoms with van der Waals surface area (Å²) in [6.45, 7) is 3.81. The van der Waals surface area contributed by atoms with Gasteiger partial charge in [-0.1, -0.05) is 5.16 Å². The Kier molecular flexibility index (Phi) is 4.89. The highest BCUT2D eigenvalue weighted by molar-refractivity contribution is 5.78. The molecule has 3 rings (SSSR count). The lowest BCUT2D eigenvalue weighted by Crippen LogP contribution is -2.41. The first-order valence-corrected chi connectivity index (χ1v) is 8.10. The van der Waals surface area contributed by atoms with Gasteiger partial charge >= 0.3 is 0 Å². The zero-order chi connectivity index (χ0) is 17.1. The summed E-state index contributed by atoms with van der Waals surface area (Å²) < 4.78 is 18.7. The first-order valence-electron chi connectivity index (χ1n) is 8.10. The maximum atomic E-state index is 13.4. The fraction of sp³-hybridized carbons (Fsp3) is 0.471. The van der Waals surface area contributed by atoms with Crippen LogP contribution in [0.15, 0.2) is 22.7 Å². The molecular formula is C17H21FN4O2. The minimum atomic E-state index is -0.254. The van der Waals surface area contributed by atoms with Gasteiger partial charge in [0.2, 0.25) is 17.6 Å². The minimum absolute atomic E-state index is 0.00545. The Morgan fingerprint density at radius 1 is 1.50 bits per heavy atom. The highest BCUT2D eigenvalue weighted by Crippen LogP contribution is 2.21. The number of nitrogens with zero attached hydrogens (tertiary/aromatic N) is 3. The number of piperidine rings is 1. The predicted octanol–water partition coefficient (Wildman–Crippen LogP) is 2.14. The van der Waals surface area contributed by atoms with Crippen LogP contribution in [-0.2, 0) is 11.3 Å². The number of benzene rings is 1. The molecule has 1 aromatic heterocycles. The highest BCUT2D eigenvalue weighted by Gasteiger charge is 2.26. The Balaban J connectivity index is 1.67. The Morgan fingerprint density at radius 3 is 3.08 bits per heavy atom. The molecule has 24 heavy (non-hydrogen) atoms. The van der Waals surface area contributed by atoms with Gasteiger partial charge in [0.1, 0.15) is 5.82 Å². The van der Waals surface area contributed by atoms with Crippen LogP contribution in [0, 0.1) is 18.7 Å². The minimum Gasteiger partial charge on any atom is -0.359 e. The number of carbonyl (C=O) groups excluding carboxylic acids is 1. The van der Waals surface area contributed by atoms with Gasteiger partial charge in [-0.2, -0.15) is 4.98 Å². The summed E-state index contributed by atoms with van der Waals surface area (Å²) in [5.41, 5.74) is 1.27. The number of amides is 1. The quantitative estimate of drug-likeness (QED) is 0.929. The van der Waals surface area contributed by atoms with Crippen molar-refractivity contribution in [2.75, 3.05) is 20.1 Å². The molecule has 1 N–H and O–H groups in total. The molecule has 0 spiro atoms. The van der Waals surface area contributed by atoms with E-state index in [0.29, 0.717) is 30.4 Å². The second-order valence-electron chi connectivity index (χ2n) is 6.16. The van der Waals surface area contributed by atoms with Crippen LogP contribution in [0.4, 0.5) is 4.39 Å². The maximum absolute atomic E-state index is 13.4. The zero-order valence-corrected chi connectivity index (χ0v) is 13.9. The van der Waals surface area contributed by atoms with Gasteiger partial charge < -0.3 is 9.84 Å². The van der Waals surface area contributed by atoms with Crippen molar-refractivity contribution in [3.63, 3.8) is 0 Å². The molecule has 0 aliphatic carbocycles. The van der Waals surface area contributed by atoms with E-state index in [0.717, 1.165) is 24.9 Å². The summed E-state index contributed by atoms with van der Waals surface area (Å²) in [6, 6.07) is 4.74. The van der Waals surface area contributed by atoms with E-state index in [4.69, 9.17) is 4.52 Å². The molecule has 1 aromatic carbocycles. The number of halogens is 1. The Labute approximate surface area is 140 Å². The number of hydrogen-bond donors (Lipinski definition) is 1. The predicted molar refractivity (Wildman–Crippen MR) is 86.5 cm³/mol. The number of hydrogen-bond acceptors (Lipinski definition) is 5. The first kappa shape index (κ1) is 16.6. The molecule has 6 nitrogen and oxygen atoms in total. The lowest BCUT2D eigenvalue weighted by Gasteiger charge is -2.30. The number of likely N-dealkylation sites (tertiary alicyclic amines) is 1. The van der Waals surface area contributed by atoms with Gasteiger partial charge in [0, 0.05) is 19.2 Å². The van der Waals surface area contributed by atoms with Crippen LogP contribution in [-0.4, -0.2) is 41.1 Å². The second-order valence-corrected chi connectivity index (χ2v) is 6.16. The third kappa shape index (κ3) is 3.62. The van der Waals surface area contributed by atoms with Crippen LogP contribution >= 0.6 is 0 Å². The van der Waals surface area contributed by atoms with Gasteiger partial charge in [-0.15, -0.1) is 0 Å². The van der Waals surface area contributed by atoms with Crippen molar-refractivity contribution in [1.82, 2.24) is 20.4 Å². The molecule has 128 valence electrons. The molecule has 1 aliphatic heterocycles. The smallest absolute Gasteiger partial charge is 0.241 e. The van der Waals surface area contributed by atoms with E-state index in [-0.39, 0.29) is 17.6 Å². The van der Waals surface area contributed by atoms with Gasteiger partial charge in [-0.05, 0) is 50.1 Å². The lowest BCUT2D eigenvalue weighted by atomic mass is 9.97. The topological polar surface area (TPSA) is 71.3 Å². The normalized spacial score (nSPS) is 18.5. The van der Waals surface area contributed by atoms with Gasteiger partial charge in [0.15, 0.2) is 0 Å². The third-order valence-corrected chi connectivity index (χ3v) is 4.37. The monoisotopic (exact) mass is 332 g/mol. The van der Waals surface area contributed by atoms with E-state index in [2.05, 4.69) is 20.4 Å². The molecule has 7 heteroatoms. The van der Waals surface area contributed by atoms with Crippen molar-refractivity contribution < 1.29 is 13.7 Å². The fourth-order valence-electron chi connectivity index (χ4n) is 3.03. The van der Waals surface area contributed by atoms with E-state index >= 15 is 0 Å². The number of nitrogens with one attached hydrogen (secondary N) is 1. The van der Waals surface area contributed by atoms with Crippen molar-refractivity contribution in [2.24, 2.45) is 5.92 Å². The molecule has 1 amide bonds. The Morgan fingerprint density at radius 2 is 2.33 bits per heavy atom. The van der Waals surface area contributed by atoms with Crippen molar-refractivity contribution in [3.05, 3.63) is 35.5 Å². The van der Waals surface area contributed by atoms with E-state index < -0.39 is 0 Å². The average Bonchev–Trinajstić information content (AvgIpc) is 3.05. The van der Waals surface area contributed by atoms with Crippen molar-refractivity contribution in [2.45, 2.75) is 26.3 Å². The average molecular weight is 332 g/mol. The lowest BCUT2D eigenvalue weighted by molar-refractivity contribution is -0.126. The van der Waals surface area contributed by atoms with Gasteiger partial charge in [0.05, 0.1) is 12.5 Å². The Bertz CT molecular complexity index is 731. The van der Waals surface area contributed by atoms with E-state index in [9.17, 15) is 9.18 Å². The van der Waals surface area contributed by atoms with Crippen LogP contribution < -0.4 is 5.32 Å². The molecule has 0 radical (unpaired) electrons. The molecule has 1 fully saturated rings. The Hall–Kier alpha value is -2.28. The summed E-state index contributed by atoms with van der Waals surface area (Å²) in [5, 5.41) is 6.69. The number of rotatable bonds is 4. The van der Waals surface area contributed by atoms with Gasteiger partial charge in [-0.25, -0.2) is 4.39 Å². The summed E-state index contributed by atoms with van der Waals surface area (Å²) in [6.07, 6.45) is 1.87. The molecule has 1 atom stereocenters. The van der Waals surface area contributed by atoms with E-state index in [1.54, 1.807) is 26.1 Å². The summed E-state index contributed by atoms with van der Waals surface area (Å²) in [5.74, 6) is 0.784.